The summed E-state index contributed by atoms with van der Waals surface area (Å²) in [5.74, 6) is 0.513. The minimum absolute atomic E-state index is 0.139. The SMILES string of the molecule is O=c1cc(CN2CCN(CCOc3ccccc3)CC2)[nH]c2ccc(F)cc12. The van der Waals surface area contributed by atoms with E-state index in [9.17, 15) is 9.18 Å². The van der Waals surface area contributed by atoms with Crippen molar-refractivity contribution in [3.63, 3.8) is 0 Å². The predicted molar refractivity (Wildman–Crippen MR) is 108 cm³/mol. The molecule has 0 amide bonds. The number of benzene rings is 2. The first-order chi connectivity index (χ1) is 13.7. The Labute approximate surface area is 163 Å². The fourth-order valence-corrected chi connectivity index (χ4v) is 3.58. The lowest BCUT2D eigenvalue weighted by Gasteiger charge is -2.34. The Morgan fingerprint density at radius 1 is 0.964 bits per heavy atom. The lowest BCUT2D eigenvalue weighted by Crippen LogP contribution is -2.47. The van der Waals surface area contributed by atoms with Crippen LogP contribution in [0, 0.1) is 5.82 Å². The number of piperazine rings is 1. The summed E-state index contributed by atoms with van der Waals surface area (Å²) in [7, 11) is 0. The van der Waals surface area contributed by atoms with E-state index >= 15 is 0 Å². The molecule has 4 rings (SSSR count). The number of hydrogen-bond donors (Lipinski definition) is 1. The number of aromatic amines is 1. The first-order valence-electron chi connectivity index (χ1n) is 9.61. The van der Waals surface area contributed by atoms with Crippen molar-refractivity contribution in [2.24, 2.45) is 0 Å². The number of rotatable bonds is 6. The van der Waals surface area contributed by atoms with Crippen molar-refractivity contribution in [2.75, 3.05) is 39.3 Å². The highest BCUT2D eigenvalue weighted by Gasteiger charge is 2.17. The Hall–Kier alpha value is -2.70. The van der Waals surface area contributed by atoms with E-state index in [4.69, 9.17) is 4.74 Å². The van der Waals surface area contributed by atoms with E-state index in [1.807, 2.05) is 30.3 Å². The second-order valence-corrected chi connectivity index (χ2v) is 7.13. The molecule has 28 heavy (non-hydrogen) atoms. The molecule has 0 unspecified atom stereocenters. The molecule has 3 aromatic rings. The molecular formula is C22H24FN3O2. The molecule has 1 N–H and O–H groups in total. The highest BCUT2D eigenvalue weighted by Crippen LogP contribution is 2.13. The third kappa shape index (κ3) is 4.58. The molecule has 5 nitrogen and oxygen atoms in total. The van der Waals surface area contributed by atoms with E-state index in [1.165, 1.54) is 12.1 Å². The van der Waals surface area contributed by atoms with Crippen LogP contribution in [0.1, 0.15) is 5.69 Å². The third-order valence-electron chi connectivity index (χ3n) is 5.13. The third-order valence-corrected chi connectivity index (χ3v) is 5.13. The molecule has 1 aliphatic rings. The van der Waals surface area contributed by atoms with Crippen molar-refractivity contribution < 1.29 is 9.13 Å². The zero-order valence-corrected chi connectivity index (χ0v) is 15.7. The van der Waals surface area contributed by atoms with E-state index in [0.717, 1.165) is 44.2 Å². The fourth-order valence-electron chi connectivity index (χ4n) is 3.58. The minimum atomic E-state index is -0.391. The summed E-state index contributed by atoms with van der Waals surface area (Å²) >= 11 is 0. The molecule has 0 radical (unpaired) electrons. The lowest BCUT2D eigenvalue weighted by atomic mass is 10.2. The average Bonchev–Trinajstić information content (AvgIpc) is 2.71. The van der Waals surface area contributed by atoms with Gasteiger partial charge in [-0.3, -0.25) is 14.6 Å². The molecule has 6 heteroatoms. The van der Waals surface area contributed by atoms with Crippen LogP contribution in [0.4, 0.5) is 4.39 Å². The second kappa shape index (κ2) is 8.54. The van der Waals surface area contributed by atoms with Gasteiger partial charge in [0.2, 0.25) is 0 Å². The molecule has 1 aliphatic heterocycles. The maximum atomic E-state index is 13.3. The number of halogens is 1. The zero-order valence-electron chi connectivity index (χ0n) is 15.7. The Bertz CT molecular complexity index is 982. The van der Waals surface area contributed by atoms with Crippen LogP contribution in [0.2, 0.25) is 0 Å². The summed E-state index contributed by atoms with van der Waals surface area (Å²) in [6.07, 6.45) is 0. The average molecular weight is 381 g/mol. The van der Waals surface area contributed by atoms with Crippen molar-refractivity contribution in [1.29, 1.82) is 0 Å². The van der Waals surface area contributed by atoms with Gasteiger partial charge in [0.15, 0.2) is 5.43 Å². The van der Waals surface area contributed by atoms with Crippen molar-refractivity contribution in [3.8, 4) is 5.75 Å². The van der Waals surface area contributed by atoms with Crippen LogP contribution in [0.5, 0.6) is 5.75 Å². The zero-order chi connectivity index (χ0) is 19.3. The van der Waals surface area contributed by atoms with Crippen LogP contribution >= 0.6 is 0 Å². The van der Waals surface area contributed by atoms with E-state index in [-0.39, 0.29) is 5.43 Å². The molecule has 0 atom stereocenters. The Morgan fingerprint density at radius 3 is 2.50 bits per heavy atom. The molecule has 1 aromatic heterocycles. The van der Waals surface area contributed by atoms with Gasteiger partial charge < -0.3 is 9.72 Å². The number of pyridine rings is 1. The standard InChI is InChI=1S/C22H24FN3O2/c23-17-6-7-21-20(14-17)22(27)15-18(24-21)16-26-10-8-25(9-11-26)12-13-28-19-4-2-1-3-5-19/h1-7,14-15H,8-13,16H2,(H,24,27). The Balaban J connectivity index is 1.28. The van der Waals surface area contributed by atoms with E-state index in [0.29, 0.717) is 24.1 Å². The summed E-state index contributed by atoms with van der Waals surface area (Å²) < 4.78 is 19.1. The molecule has 2 heterocycles. The number of nitrogens with zero attached hydrogens (tertiary/aromatic N) is 2. The lowest BCUT2D eigenvalue weighted by molar-refractivity contribution is 0.112. The van der Waals surface area contributed by atoms with Gasteiger partial charge in [-0.15, -0.1) is 0 Å². The quantitative estimate of drug-likeness (QED) is 0.713. The van der Waals surface area contributed by atoms with Crippen molar-refractivity contribution in [2.45, 2.75) is 6.54 Å². The topological polar surface area (TPSA) is 48.6 Å². The molecular weight excluding hydrogens is 357 g/mol. The number of nitrogens with one attached hydrogen (secondary N) is 1. The molecule has 1 saturated heterocycles. The van der Waals surface area contributed by atoms with E-state index in [1.54, 1.807) is 12.1 Å². The summed E-state index contributed by atoms with van der Waals surface area (Å²) in [5.41, 5.74) is 1.41. The monoisotopic (exact) mass is 381 g/mol. The van der Waals surface area contributed by atoms with Crippen molar-refractivity contribution >= 4 is 10.9 Å². The summed E-state index contributed by atoms with van der Waals surface area (Å²) in [6.45, 7) is 6.10. The smallest absolute Gasteiger partial charge is 0.189 e. The van der Waals surface area contributed by atoms with Gasteiger partial charge in [0, 0.05) is 61.9 Å². The van der Waals surface area contributed by atoms with Crippen LogP contribution < -0.4 is 10.2 Å². The van der Waals surface area contributed by atoms with Crippen LogP contribution in [-0.2, 0) is 6.54 Å². The Morgan fingerprint density at radius 2 is 1.71 bits per heavy atom. The molecule has 0 bridgehead atoms. The van der Waals surface area contributed by atoms with Gasteiger partial charge in [-0.05, 0) is 30.3 Å². The molecule has 0 spiro atoms. The van der Waals surface area contributed by atoms with Gasteiger partial charge in [0.05, 0.1) is 0 Å². The van der Waals surface area contributed by atoms with E-state index in [2.05, 4.69) is 14.8 Å². The van der Waals surface area contributed by atoms with Gasteiger partial charge >= 0.3 is 0 Å². The summed E-state index contributed by atoms with van der Waals surface area (Å²) in [5, 5.41) is 0.395. The van der Waals surface area contributed by atoms with Crippen molar-refractivity contribution in [1.82, 2.24) is 14.8 Å². The largest absolute Gasteiger partial charge is 0.492 e. The maximum absolute atomic E-state index is 13.3. The first kappa shape index (κ1) is 18.7. The minimum Gasteiger partial charge on any atom is -0.492 e. The molecule has 146 valence electrons. The van der Waals surface area contributed by atoms with E-state index < -0.39 is 5.82 Å². The fraction of sp³-hybridized carbons (Fsp3) is 0.318. The maximum Gasteiger partial charge on any atom is 0.189 e. The number of H-pyrrole nitrogens is 1. The van der Waals surface area contributed by atoms with Crippen LogP contribution in [0.3, 0.4) is 0 Å². The highest BCUT2D eigenvalue weighted by molar-refractivity contribution is 5.78. The van der Waals surface area contributed by atoms with Crippen LogP contribution in [-0.4, -0.2) is 54.1 Å². The first-order valence-corrected chi connectivity index (χ1v) is 9.61. The van der Waals surface area contributed by atoms with Gasteiger partial charge in [-0.1, -0.05) is 18.2 Å². The molecule has 0 saturated carbocycles. The highest BCUT2D eigenvalue weighted by atomic mass is 19.1. The van der Waals surface area contributed by atoms with Crippen LogP contribution in [0.25, 0.3) is 10.9 Å². The number of aromatic nitrogens is 1. The predicted octanol–water partition coefficient (Wildman–Crippen LogP) is 2.86. The summed E-state index contributed by atoms with van der Waals surface area (Å²) in [4.78, 5) is 20.2. The van der Waals surface area contributed by atoms with Gasteiger partial charge in [-0.25, -0.2) is 4.39 Å². The normalized spacial score (nSPS) is 15.8. The molecule has 1 fully saturated rings. The second-order valence-electron chi connectivity index (χ2n) is 7.13. The van der Waals surface area contributed by atoms with Crippen molar-refractivity contribution in [3.05, 3.63) is 76.3 Å². The molecule has 2 aromatic carbocycles. The number of para-hydroxylation sites is 1. The van der Waals surface area contributed by atoms with Gasteiger partial charge in [-0.2, -0.15) is 0 Å². The van der Waals surface area contributed by atoms with Crippen LogP contribution in [0.15, 0.2) is 59.4 Å². The number of ether oxygens (including phenoxy) is 1. The number of fused-ring (bicyclic) bond motifs is 1. The number of hydrogen-bond acceptors (Lipinski definition) is 4. The Kier molecular flexibility index (Phi) is 5.69. The van der Waals surface area contributed by atoms with Gasteiger partial charge in [0.1, 0.15) is 18.2 Å². The molecule has 0 aliphatic carbocycles. The summed E-state index contributed by atoms with van der Waals surface area (Å²) in [6, 6.07) is 15.7. The van der Waals surface area contributed by atoms with Gasteiger partial charge in [0.25, 0.3) is 0 Å².